The lowest BCUT2D eigenvalue weighted by Crippen LogP contribution is -2.43. The second-order valence-corrected chi connectivity index (χ2v) is 4.48. The third-order valence-corrected chi connectivity index (χ3v) is 3.04. The number of nitro groups is 2. The van der Waals surface area contributed by atoms with Crippen LogP contribution in [0.4, 0.5) is 11.4 Å². The van der Waals surface area contributed by atoms with Gasteiger partial charge in [-0.15, -0.1) is 0 Å². The Morgan fingerprint density at radius 2 is 1.61 bits per heavy atom. The summed E-state index contributed by atoms with van der Waals surface area (Å²) < 4.78 is 0. The Balaban J connectivity index is 2.10. The summed E-state index contributed by atoms with van der Waals surface area (Å²) in [6.07, 6.45) is 1.25. The topological polar surface area (TPSA) is 121 Å². The van der Waals surface area contributed by atoms with Crippen LogP contribution in [0.5, 0.6) is 0 Å². The molecule has 3 aromatic rings. The fourth-order valence-corrected chi connectivity index (χ4v) is 2.03. The third-order valence-electron chi connectivity index (χ3n) is 3.04. The van der Waals surface area contributed by atoms with Crippen LogP contribution in [0.2, 0.25) is 0 Å². The van der Waals surface area contributed by atoms with Crippen molar-refractivity contribution in [3.8, 4) is 11.4 Å². The number of hydrogen-bond donors (Lipinski definition) is 0. The summed E-state index contributed by atoms with van der Waals surface area (Å²) in [5.41, 5.74) is 0.624. The van der Waals surface area contributed by atoms with Crippen LogP contribution < -0.4 is 4.80 Å². The van der Waals surface area contributed by atoms with E-state index in [0.29, 0.717) is 11.4 Å². The second-order valence-electron chi connectivity index (χ2n) is 4.48. The number of benzene rings is 2. The smallest absolute Gasteiger partial charge is 0.258 e. The number of tetrazole rings is 1. The molecule has 1 heterocycles. The summed E-state index contributed by atoms with van der Waals surface area (Å²) in [5.74, 6) is 0. The number of aromatic nitrogens is 4. The normalized spacial score (nSPS) is 10.4. The van der Waals surface area contributed by atoms with Gasteiger partial charge >= 0.3 is 0 Å². The maximum Gasteiger partial charge on any atom is 0.297 e. The van der Waals surface area contributed by atoms with Crippen molar-refractivity contribution >= 4 is 11.4 Å². The Morgan fingerprint density at radius 1 is 0.957 bits per heavy atom. The highest BCUT2D eigenvalue weighted by atomic mass is 16.6. The standard InChI is InChI=1S/C13H9N6O4/c20-18(21)12-5-1-3-10(7-12)16-14-9-15-17(16)11-4-2-6-13(8-11)19(22)23/h1-9H/q+1. The van der Waals surface area contributed by atoms with Crippen LogP contribution in [0.1, 0.15) is 0 Å². The van der Waals surface area contributed by atoms with Crippen LogP contribution >= 0.6 is 0 Å². The quantitative estimate of drug-likeness (QED) is 0.407. The molecule has 0 amide bonds. The molecule has 0 N–H and O–H groups in total. The SMILES string of the molecule is O=[N+]([O-])c1cccc(-n2ncn[n+]2-c2cccc([N+](=O)[O-])c2)c1. The highest BCUT2D eigenvalue weighted by Crippen LogP contribution is 2.16. The van der Waals surface area contributed by atoms with Gasteiger partial charge in [-0.05, 0) is 22.0 Å². The molecule has 10 heteroatoms. The van der Waals surface area contributed by atoms with Gasteiger partial charge in [-0.2, -0.15) is 0 Å². The van der Waals surface area contributed by atoms with Crippen molar-refractivity contribution in [2.75, 3.05) is 0 Å². The number of nitro benzene ring substituents is 2. The van der Waals surface area contributed by atoms with E-state index >= 15 is 0 Å². The van der Waals surface area contributed by atoms with Crippen LogP contribution in [0.15, 0.2) is 54.9 Å². The van der Waals surface area contributed by atoms with Gasteiger partial charge in [0.1, 0.15) is 5.69 Å². The molecule has 2 aromatic carbocycles. The van der Waals surface area contributed by atoms with Crippen molar-refractivity contribution in [3.63, 3.8) is 0 Å². The third kappa shape index (κ3) is 2.72. The van der Waals surface area contributed by atoms with E-state index in [1.165, 1.54) is 52.3 Å². The average Bonchev–Trinajstić information content (AvgIpc) is 3.04. The van der Waals surface area contributed by atoms with Gasteiger partial charge < -0.3 is 0 Å². The molecule has 0 aliphatic rings. The number of nitrogens with zero attached hydrogens (tertiary/aromatic N) is 6. The van der Waals surface area contributed by atoms with Crippen LogP contribution in [0.3, 0.4) is 0 Å². The first kappa shape index (κ1) is 14.3. The molecular weight excluding hydrogens is 304 g/mol. The van der Waals surface area contributed by atoms with Crippen molar-refractivity contribution < 1.29 is 14.6 Å². The van der Waals surface area contributed by atoms with Gasteiger partial charge in [0.2, 0.25) is 0 Å². The average molecular weight is 313 g/mol. The largest absolute Gasteiger partial charge is 0.297 e. The molecule has 0 radical (unpaired) electrons. The Kier molecular flexibility index (Phi) is 3.47. The highest BCUT2D eigenvalue weighted by Gasteiger charge is 2.20. The molecule has 0 spiro atoms. The van der Waals surface area contributed by atoms with E-state index in [9.17, 15) is 20.2 Å². The highest BCUT2D eigenvalue weighted by molar-refractivity contribution is 5.42. The van der Waals surface area contributed by atoms with Gasteiger partial charge in [-0.1, -0.05) is 12.1 Å². The molecule has 10 nitrogen and oxygen atoms in total. The maximum atomic E-state index is 10.9. The maximum absolute atomic E-state index is 10.9. The molecule has 0 saturated carbocycles. The van der Waals surface area contributed by atoms with Gasteiger partial charge in [0.05, 0.1) is 21.0 Å². The van der Waals surface area contributed by atoms with E-state index in [2.05, 4.69) is 10.2 Å². The summed E-state index contributed by atoms with van der Waals surface area (Å²) >= 11 is 0. The van der Waals surface area contributed by atoms with E-state index in [1.54, 1.807) is 12.1 Å². The molecular formula is C13H9N6O4+. The Morgan fingerprint density at radius 3 is 2.30 bits per heavy atom. The number of hydrogen-bond acceptors (Lipinski definition) is 6. The molecule has 114 valence electrons. The summed E-state index contributed by atoms with van der Waals surface area (Å²) in [6, 6.07) is 11.7. The summed E-state index contributed by atoms with van der Waals surface area (Å²) in [6.45, 7) is 0. The Labute approximate surface area is 128 Å². The van der Waals surface area contributed by atoms with Crippen molar-refractivity contribution in [3.05, 3.63) is 75.1 Å². The van der Waals surface area contributed by atoms with Crippen LogP contribution in [0, 0.1) is 20.2 Å². The minimum absolute atomic E-state index is 0.0939. The summed E-state index contributed by atoms with van der Waals surface area (Å²) in [5, 5.41) is 29.8. The monoisotopic (exact) mass is 313 g/mol. The molecule has 1 aromatic heterocycles. The van der Waals surface area contributed by atoms with Crippen molar-refractivity contribution in [1.82, 2.24) is 15.0 Å². The molecule has 0 saturated heterocycles. The molecule has 0 fully saturated rings. The van der Waals surface area contributed by atoms with Crippen molar-refractivity contribution in [2.45, 2.75) is 0 Å². The summed E-state index contributed by atoms with van der Waals surface area (Å²) in [4.78, 5) is 23.3. The zero-order valence-corrected chi connectivity index (χ0v) is 11.5. The van der Waals surface area contributed by atoms with Crippen molar-refractivity contribution in [2.24, 2.45) is 0 Å². The van der Waals surface area contributed by atoms with Gasteiger partial charge in [-0.3, -0.25) is 20.2 Å². The second kappa shape index (κ2) is 5.60. The van der Waals surface area contributed by atoms with E-state index in [1.807, 2.05) is 0 Å². The molecule has 0 aliphatic carbocycles. The zero-order valence-electron chi connectivity index (χ0n) is 11.5. The molecule has 23 heavy (non-hydrogen) atoms. The molecule has 0 unspecified atom stereocenters. The minimum Gasteiger partial charge on any atom is -0.258 e. The minimum atomic E-state index is -0.516. The van der Waals surface area contributed by atoms with Gasteiger partial charge in [0.25, 0.3) is 17.7 Å². The fourth-order valence-electron chi connectivity index (χ4n) is 2.03. The number of rotatable bonds is 4. The molecule has 0 atom stereocenters. The first-order valence-corrected chi connectivity index (χ1v) is 6.38. The van der Waals surface area contributed by atoms with Gasteiger partial charge in [0.15, 0.2) is 5.69 Å². The van der Waals surface area contributed by atoms with Crippen LogP contribution in [-0.2, 0) is 0 Å². The number of non-ortho nitro benzene ring substituents is 2. The lowest BCUT2D eigenvalue weighted by molar-refractivity contribution is -0.735. The molecule has 0 bridgehead atoms. The van der Waals surface area contributed by atoms with E-state index in [0.717, 1.165) is 0 Å². The predicted molar refractivity (Wildman–Crippen MR) is 76.2 cm³/mol. The first-order chi connectivity index (χ1) is 11.1. The van der Waals surface area contributed by atoms with Gasteiger partial charge in [0, 0.05) is 23.0 Å². The van der Waals surface area contributed by atoms with Gasteiger partial charge in [-0.25, -0.2) is 0 Å². The van der Waals surface area contributed by atoms with E-state index in [4.69, 9.17) is 0 Å². The molecule has 3 rings (SSSR count). The Bertz CT molecular complexity index is 835. The van der Waals surface area contributed by atoms with E-state index in [-0.39, 0.29) is 11.4 Å². The Hall–Kier alpha value is -3.69. The van der Waals surface area contributed by atoms with E-state index < -0.39 is 9.85 Å². The van der Waals surface area contributed by atoms with Crippen molar-refractivity contribution in [1.29, 1.82) is 0 Å². The summed E-state index contributed by atoms with van der Waals surface area (Å²) in [7, 11) is 0. The predicted octanol–water partition coefficient (Wildman–Crippen LogP) is 1.36. The molecule has 0 aliphatic heterocycles. The van der Waals surface area contributed by atoms with Crippen LogP contribution in [0.25, 0.3) is 11.4 Å². The lowest BCUT2D eigenvalue weighted by Gasteiger charge is -2.00. The fraction of sp³-hybridized carbons (Fsp3) is 0. The lowest BCUT2D eigenvalue weighted by atomic mass is 10.3. The zero-order chi connectivity index (χ0) is 16.4. The van der Waals surface area contributed by atoms with Crippen LogP contribution in [-0.4, -0.2) is 24.8 Å². The first-order valence-electron chi connectivity index (χ1n) is 6.38.